The number of ether oxygens (including phenoxy) is 1. The van der Waals surface area contributed by atoms with Crippen molar-refractivity contribution in [3.05, 3.63) is 0 Å². The summed E-state index contributed by atoms with van der Waals surface area (Å²) in [4.78, 5) is 29.3. The number of carbonyl (C=O) groups is 2. The van der Waals surface area contributed by atoms with Gasteiger partial charge in [0.15, 0.2) is 0 Å². The third-order valence-corrected chi connectivity index (χ3v) is 6.30. The zero-order valence-electron chi connectivity index (χ0n) is 15.6. The zero-order chi connectivity index (χ0) is 17.7. The standard InChI is InChI=1S/C19H33N3O3/c1-25-13-12-21-10-5-8-19(17(21)23)9-11-22(15-19)18(24)20-14-16-6-3-2-4-7-16/h16H,2-15H2,1H3,(H,20,24). The highest BCUT2D eigenvalue weighted by atomic mass is 16.5. The van der Waals surface area contributed by atoms with Gasteiger partial charge in [-0.3, -0.25) is 4.79 Å². The fourth-order valence-corrected chi connectivity index (χ4v) is 4.73. The molecule has 0 bridgehead atoms. The van der Waals surface area contributed by atoms with Gasteiger partial charge in [-0.1, -0.05) is 19.3 Å². The number of hydrogen-bond acceptors (Lipinski definition) is 3. The molecule has 0 radical (unpaired) electrons. The van der Waals surface area contributed by atoms with E-state index >= 15 is 0 Å². The van der Waals surface area contributed by atoms with Crippen molar-refractivity contribution in [3.63, 3.8) is 0 Å². The minimum absolute atomic E-state index is 0.0178. The Morgan fingerprint density at radius 1 is 1.20 bits per heavy atom. The number of likely N-dealkylation sites (tertiary alicyclic amines) is 2. The van der Waals surface area contributed by atoms with Crippen LogP contribution in [0, 0.1) is 11.3 Å². The highest BCUT2D eigenvalue weighted by molar-refractivity contribution is 5.85. The lowest BCUT2D eigenvalue weighted by atomic mass is 9.78. The molecule has 3 aliphatic rings. The average molecular weight is 351 g/mol. The van der Waals surface area contributed by atoms with Gasteiger partial charge in [-0.15, -0.1) is 0 Å². The largest absolute Gasteiger partial charge is 0.383 e. The highest BCUT2D eigenvalue weighted by Gasteiger charge is 2.49. The van der Waals surface area contributed by atoms with Gasteiger partial charge in [0, 0.05) is 39.8 Å². The summed E-state index contributed by atoms with van der Waals surface area (Å²) in [6.45, 7) is 4.11. The van der Waals surface area contributed by atoms with Gasteiger partial charge in [-0.05, 0) is 38.0 Å². The second-order valence-electron chi connectivity index (χ2n) is 8.03. The van der Waals surface area contributed by atoms with E-state index in [9.17, 15) is 9.59 Å². The number of nitrogens with one attached hydrogen (secondary N) is 1. The maximum absolute atomic E-state index is 12.9. The van der Waals surface area contributed by atoms with Crippen LogP contribution in [-0.4, -0.2) is 68.2 Å². The fraction of sp³-hybridized carbons (Fsp3) is 0.895. The first kappa shape index (κ1) is 18.5. The minimum Gasteiger partial charge on any atom is -0.383 e. The lowest BCUT2D eigenvalue weighted by Crippen LogP contribution is -2.51. The summed E-state index contributed by atoms with van der Waals surface area (Å²) in [6, 6.07) is 0.0178. The van der Waals surface area contributed by atoms with E-state index in [4.69, 9.17) is 4.74 Å². The molecule has 1 saturated carbocycles. The molecule has 1 unspecified atom stereocenters. The van der Waals surface area contributed by atoms with Gasteiger partial charge in [0.1, 0.15) is 0 Å². The van der Waals surface area contributed by atoms with Crippen LogP contribution in [0.4, 0.5) is 4.79 Å². The fourth-order valence-electron chi connectivity index (χ4n) is 4.73. The highest BCUT2D eigenvalue weighted by Crippen LogP contribution is 2.40. The SMILES string of the molecule is COCCN1CCCC2(CCN(C(=O)NCC3CCCCC3)C2)C1=O. The van der Waals surface area contributed by atoms with E-state index in [2.05, 4.69) is 5.32 Å². The smallest absolute Gasteiger partial charge is 0.317 e. The molecule has 2 saturated heterocycles. The van der Waals surface area contributed by atoms with Crippen molar-refractivity contribution in [2.24, 2.45) is 11.3 Å². The number of urea groups is 1. The summed E-state index contributed by atoms with van der Waals surface area (Å²) in [5.41, 5.74) is -0.353. The monoisotopic (exact) mass is 351 g/mol. The number of piperidine rings is 1. The quantitative estimate of drug-likeness (QED) is 0.826. The molecule has 1 spiro atoms. The van der Waals surface area contributed by atoms with Crippen LogP contribution in [0.2, 0.25) is 0 Å². The molecule has 2 aliphatic heterocycles. The molecule has 25 heavy (non-hydrogen) atoms. The normalized spacial score (nSPS) is 28.0. The minimum atomic E-state index is -0.353. The van der Waals surface area contributed by atoms with E-state index in [-0.39, 0.29) is 17.4 Å². The molecule has 6 heteroatoms. The molecule has 3 rings (SSSR count). The summed E-state index contributed by atoms with van der Waals surface area (Å²) in [6.07, 6.45) is 9.11. The number of methoxy groups -OCH3 is 1. The first-order valence-electron chi connectivity index (χ1n) is 9.96. The van der Waals surface area contributed by atoms with Gasteiger partial charge in [0.25, 0.3) is 0 Å². The summed E-state index contributed by atoms with van der Waals surface area (Å²) >= 11 is 0. The molecule has 1 atom stereocenters. The van der Waals surface area contributed by atoms with Crippen molar-refractivity contribution < 1.29 is 14.3 Å². The van der Waals surface area contributed by atoms with E-state index in [0.717, 1.165) is 32.4 Å². The summed E-state index contributed by atoms with van der Waals surface area (Å²) < 4.78 is 5.12. The van der Waals surface area contributed by atoms with Crippen molar-refractivity contribution in [2.75, 3.05) is 46.4 Å². The van der Waals surface area contributed by atoms with E-state index < -0.39 is 0 Å². The van der Waals surface area contributed by atoms with Gasteiger partial charge < -0.3 is 19.9 Å². The Labute approximate surface area is 151 Å². The molecule has 1 N–H and O–H groups in total. The average Bonchev–Trinajstić information content (AvgIpc) is 3.07. The maximum Gasteiger partial charge on any atom is 0.317 e. The second-order valence-corrected chi connectivity index (χ2v) is 8.03. The topological polar surface area (TPSA) is 61.9 Å². The van der Waals surface area contributed by atoms with Gasteiger partial charge in [-0.2, -0.15) is 0 Å². The summed E-state index contributed by atoms with van der Waals surface area (Å²) in [7, 11) is 1.66. The zero-order valence-corrected chi connectivity index (χ0v) is 15.6. The third-order valence-electron chi connectivity index (χ3n) is 6.30. The number of hydrogen-bond donors (Lipinski definition) is 1. The molecular weight excluding hydrogens is 318 g/mol. The lowest BCUT2D eigenvalue weighted by Gasteiger charge is -2.39. The predicted molar refractivity (Wildman–Crippen MR) is 96.3 cm³/mol. The van der Waals surface area contributed by atoms with E-state index in [1.165, 1.54) is 32.1 Å². The van der Waals surface area contributed by atoms with Gasteiger partial charge in [0.2, 0.25) is 5.91 Å². The van der Waals surface area contributed by atoms with E-state index in [0.29, 0.717) is 32.2 Å². The second kappa shape index (κ2) is 8.39. The Hall–Kier alpha value is -1.30. The molecule has 2 heterocycles. The molecule has 3 amide bonds. The van der Waals surface area contributed by atoms with Crippen molar-refractivity contribution in [1.82, 2.24) is 15.1 Å². The Balaban J connectivity index is 1.51. The molecule has 3 fully saturated rings. The molecule has 0 aromatic rings. The maximum atomic E-state index is 12.9. The Bertz CT molecular complexity index is 479. The first-order valence-corrected chi connectivity index (χ1v) is 9.96. The van der Waals surface area contributed by atoms with Crippen LogP contribution in [0.25, 0.3) is 0 Å². The lowest BCUT2D eigenvalue weighted by molar-refractivity contribution is -0.146. The molecule has 0 aromatic heterocycles. The van der Waals surface area contributed by atoms with Crippen molar-refractivity contribution in [2.45, 2.75) is 51.4 Å². The Kier molecular flexibility index (Phi) is 6.20. The van der Waals surface area contributed by atoms with E-state index in [1.807, 2.05) is 9.80 Å². The number of nitrogens with zero attached hydrogens (tertiary/aromatic N) is 2. The van der Waals surface area contributed by atoms with Crippen LogP contribution in [0.3, 0.4) is 0 Å². The van der Waals surface area contributed by atoms with Crippen molar-refractivity contribution in [1.29, 1.82) is 0 Å². The van der Waals surface area contributed by atoms with Crippen molar-refractivity contribution >= 4 is 11.9 Å². The Morgan fingerprint density at radius 2 is 2.00 bits per heavy atom. The van der Waals surface area contributed by atoms with Crippen LogP contribution in [0.5, 0.6) is 0 Å². The van der Waals surface area contributed by atoms with Crippen LogP contribution >= 0.6 is 0 Å². The number of rotatable bonds is 5. The van der Waals surface area contributed by atoms with Crippen LogP contribution < -0.4 is 5.32 Å². The Morgan fingerprint density at radius 3 is 2.76 bits per heavy atom. The van der Waals surface area contributed by atoms with E-state index in [1.54, 1.807) is 7.11 Å². The predicted octanol–water partition coefficient (Wildman–Crippen LogP) is 2.24. The van der Waals surface area contributed by atoms with Gasteiger partial charge >= 0.3 is 6.03 Å². The van der Waals surface area contributed by atoms with Gasteiger partial charge in [0.05, 0.1) is 12.0 Å². The third kappa shape index (κ3) is 4.27. The first-order chi connectivity index (χ1) is 12.1. The number of amides is 3. The van der Waals surface area contributed by atoms with Gasteiger partial charge in [-0.25, -0.2) is 4.79 Å². The van der Waals surface area contributed by atoms with Crippen molar-refractivity contribution in [3.8, 4) is 0 Å². The molecular formula is C19H33N3O3. The molecule has 1 aliphatic carbocycles. The molecule has 142 valence electrons. The molecule has 6 nitrogen and oxygen atoms in total. The molecule has 0 aromatic carbocycles. The van der Waals surface area contributed by atoms with Crippen LogP contribution in [0.1, 0.15) is 51.4 Å². The van der Waals surface area contributed by atoms with Crippen LogP contribution in [0.15, 0.2) is 0 Å². The summed E-state index contributed by atoms with van der Waals surface area (Å²) in [5, 5.41) is 3.12. The van der Waals surface area contributed by atoms with Crippen LogP contribution in [-0.2, 0) is 9.53 Å². The number of carbonyl (C=O) groups excluding carboxylic acids is 2. The summed E-state index contributed by atoms with van der Waals surface area (Å²) in [5.74, 6) is 0.855.